The summed E-state index contributed by atoms with van der Waals surface area (Å²) >= 11 is 0. The van der Waals surface area contributed by atoms with Gasteiger partial charge in [0.25, 0.3) is 0 Å². The molecule has 4 nitrogen and oxygen atoms in total. The molecule has 0 bridgehead atoms. The first-order valence-corrected chi connectivity index (χ1v) is 7.65. The summed E-state index contributed by atoms with van der Waals surface area (Å²) in [7, 11) is 1.32. The van der Waals surface area contributed by atoms with Crippen molar-refractivity contribution >= 4 is 5.97 Å². The van der Waals surface area contributed by atoms with Crippen LogP contribution in [-0.2, 0) is 9.53 Å². The van der Waals surface area contributed by atoms with Crippen LogP contribution in [0.5, 0.6) is 0 Å². The molecule has 116 valence electrons. The second-order valence-corrected chi connectivity index (χ2v) is 5.92. The van der Waals surface area contributed by atoms with Crippen LogP contribution in [0.2, 0.25) is 0 Å². The van der Waals surface area contributed by atoms with Crippen LogP contribution in [0, 0.1) is 5.92 Å². The fourth-order valence-electron chi connectivity index (χ4n) is 3.04. The maximum absolute atomic E-state index is 11.4. The summed E-state index contributed by atoms with van der Waals surface area (Å²) in [4.78, 5) is 13.8. The lowest BCUT2D eigenvalue weighted by molar-refractivity contribution is -0.154. The molecule has 2 unspecified atom stereocenters. The number of carbonyl (C=O) groups excluding carboxylic acids is 1. The summed E-state index contributed by atoms with van der Waals surface area (Å²) in [5.74, 6) is 0.0140. The second-order valence-electron chi connectivity index (χ2n) is 5.92. The number of hydrogen-bond acceptors (Lipinski definition) is 4. The number of ether oxygens (including phenoxy) is 1. The monoisotopic (exact) mass is 291 g/mol. The number of aliphatic hydroxyl groups is 1. The van der Waals surface area contributed by atoms with Gasteiger partial charge < -0.3 is 14.7 Å². The first-order chi connectivity index (χ1) is 10.1. The molecule has 0 aliphatic carbocycles. The highest BCUT2D eigenvalue weighted by Crippen LogP contribution is 2.24. The van der Waals surface area contributed by atoms with Crippen LogP contribution in [-0.4, -0.2) is 48.8 Å². The van der Waals surface area contributed by atoms with Crippen LogP contribution >= 0.6 is 0 Å². The standard InChI is InChI=1S/C17H25NO3/c1-13(14-6-4-3-5-7-14)12-18-10-8-15(9-11-18)16(19)17(20)21-2/h3-7,13,15-16,19H,8-12H2,1-2H3. The zero-order valence-corrected chi connectivity index (χ0v) is 12.9. The Morgan fingerprint density at radius 1 is 1.33 bits per heavy atom. The summed E-state index contributed by atoms with van der Waals surface area (Å²) in [6.07, 6.45) is 0.721. The van der Waals surface area contributed by atoms with Gasteiger partial charge in [0.05, 0.1) is 7.11 Å². The molecule has 2 rings (SSSR count). The quantitative estimate of drug-likeness (QED) is 0.843. The summed E-state index contributed by atoms with van der Waals surface area (Å²) < 4.78 is 4.61. The van der Waals surface area contributed by atoms with Crippen LogP contribution < -0.4 is 0 Å². The van der Waals surface area contributed by atoms with Crippen molar-refractivity contribution in [3.63, 3.8) is 0 Å². The van der Waals surface area contributed by atoms with E-state index in [4.69, 9.17) is 0 Å². The molecule has 0 aromatic heterocycles. The number of benzene rings is 1. The van der Waals surface area contributed by atoms with Crippen molar-refractivity contribution < 1.29 is 14.6 Å². The number of nitrogens with zero attached hydrogens (tertiary/aromatic N) is 1. The summed E-state index contributed by atoms with van der Waals surface area (Å²) in [5, 5.41) is 9.90. The maximum atomic E-state index is 11.4. The number of carbonyl (C=O) groups is 1. The molecule has 0 amide bonds. The highest BCUT2D eigenvalue weighted by molar-refractivity contribution is 5.74. The molecule has 2 atom stereocenters. The largest absolute Gasteiger partial charge is 0.467 e. The van der Waals surface area contributed by atoms with Gasteiger partial charge in [-0.05, 0) is 43.3 Å². The Balaban J connectivity index is 1.80. The van der Waals surface area contributed by atoms with Gasteiger partial charge in [0.1, 0.15) is 0 Å². The van der Waals surface area contributed by atoms with Crippen LogP contribution in [0.15, 0.2) is 30.3 Å². The average Bonchev–Trinajstić information content (AvgIpc) is 2.55. The Labute approximate surface area is 126 Å². The van der Waals surface area contributed by atoms with Crippen molar-refractivity contribution in [1.82, 2.24) is 4.90 Å². The van der Waals surface area contributed by atoms with Gasteiger partial charge in [-0.1, -0.05) is 37.3 Å². The molecule has 1 heterocycles. The Morgan fingerprint density at radius 2 is 1.95 bits per heavy atom. The summed E-state index contributed by atoms with van der Waals surface area (Å²) in [5.41, 5.74) is 1.36. The molecular weight excluding hydrogens is 266 g/mol. The van der Waals surface area contributed by atoms with E-state index in [1.165, 1.54) is 12.7 Å². The smallest absolute Gasteiger partial charge is 0.334 e. The van der Waals surface area contributed by atoms with Crippen molar-refractivity contribution in [2.75, 3.05) is 26.7 Å². The van der Waals surface area contributed by atoms with Crippen molar-refractivity contribution in [1.29, 1.82) is 0 Å². The number of methoxy groups -OCH3 is 1. The van der Waals surface area contributed by atoms with E-state index in [9.17, 15) is 9.90 Å². The molecule has 1 aromatic carbocycles. The molecule has 1 aliphatic rings. The maximum Gasteiger partial charge on any atom is 0.334 e. The van der Waals surface area contributed by atoms with E-state index in [-0.39, 0.29) is 5.92 Å². The molecule has 1 fully saturated rings. The fraction of sp³-hybridized carbons (Fsp3) is 0.588. The minimum atomic E-state index is -0.969. The van der Waals surface area contributed by atoms with Gasteiger partial charge in [-0.3, -0.25) is 0 Å². The fourth-order valence-corrected chi connectivity index (χ4v) is 3.04. The highest BCUT2D eigenvalue weighted by atomic mass is 16.5. The van der Waals surface area contributed by atoms with E-state index in [0.717, 1.165) is 32.5 Å². The van der Waals surface area contributed by atoms with Crippen LogP contribution in [0.3, 0.4) is 0 Å². The Hall–Kier alpha value is -1.39. The normalized spacial score (nSPS) is 20.0. The molecule has 0 spiro atoms. The number of aliphatic hydroxyl groups excluding tert-OH is 1. The van der Waals surface area contributed by atoms with Crippen LogP contribution in [0.4, 0.5) is 0 Å². The van der Waals surface area contributed by atoms with Gasteiger partial charge in [-0.15, -0.1) is 0 Å². The van der Waals surface area contributed by atoms with E-state index in [2.05, 4.69) is 40.8 Å². The SMILES string of the molecule is COC(=O)C(O)C1CCN(CC(C)c2ccccc2)CC1. The Bertz CT molecular complexity index is 441. The minimum Gasteiger partial charge on any atom is -0.467 e. The average molecular weight is 291 g/mol. The third-order valence-electron chi connectivity index (χ3n) is 4.42. The van der Waals surface area contributed by atoms with Gasteiger partial charge in [-0.2, -0.15) is 0 Å². The number of piperidine rings is 1. The number of esters is 1. The van der Waals surface area contributed by atoms with Crippen molar-refractivity contribution in [2.45, 2.75) is 31.8 Å². The van der Waals surface area contributed by atoms with Gasteiger partial charge in [-0.25, -0.2) is 4.79 Å². The predicted molar refractivity (Wildman–Crippen MR) is 82.0 cm³/mol. The first-order valence-electron chi connectivity index (χ1n) is 7.65. The van der Waals surface area contributed by atoms with Crippen molar-refractivity contribution in [2.24, 2.45) is 5.92 Å². The van der Waals surface area contributed by atoms with Crippen molar-refractivity contribution in [3.05, 3.63) is 35.9 Å². The number of hydrogen-bond donors (Lipinski definition) is 1. The van der Waals surface area contributed by atoms with Gasteiger partial charge >= 0.3 is 5.97 Å². The Kier molecular flexibility index (Phi) is 5.76. The van der Waals surface area contributed by atoms with Crippen LogP contribution in [0.1, 0.15) is 31.2 Å². The zero-order chi connectivity index (χ0) is 15.2. The minimum absolute atomic E-state index is 0.0285. The van der Waals surface area contributed by atoms with Gasteiger partial charge in [0.2, 0.25) is 0 Å². The molecule has 1 aliphatic heterocycles. The number of rotatable bonds is 5. The third kappa shape index (κ3) is 4.29. The lowest BCUT2D eigenvalue weighted by Crippen LogP contribution is -2.42. The van der Waals surface area contributed by atoms with Gasteiger partial charge in [0, 0.05) is 6.54 Å². The van der Waals surface area contributed by atoms with Crippen molar-refractivity contribution in [3.8, 4) is 0 Å². The summed E-state index contributed by atoms with van der Waals surface area (Å²) in [6.45, 7) is 5.11. The molecule has 21 heavy (non-hydrogen) atoms. The summed E-state index contributed by atoms with van der Waals surface area (Å²) in [6, 6.07) is 10.5. The second kappa shape index (κ2) is 7.57. The van der Waals surface area contributed by atoms with E-state index in [1.54, 1.807) is 0 Å². The molecule has 1 saturated heterocycles. The molecule has 0 radical (unpaired) electrons. The zero-order valence-electron chi connectivity index (χ0n) is 12.9. The highest BCUT2D eigenvalue weighted by Gasteiger charge is 2.30. The van der Waals surface area contributed by atoms with E-state index >= 15 is 0 Å². The molecule has 1 aromatic rings. The van der Waals surface area contributed by atoms with E-state index in [1.807, 2.05) is 6.07 Å². The Morgan fingerprint density at radius 3 is 2.52 bits per heavy atom. The lowest BCUT2D eigenvalue weighted by atomic mass is 9.90. The molecule has 0 saturated carbocycles. The van der Waals surface area contributed by atoms with E-state index in [0.29, 0.717) is 5.92 Å². The molecule has 1 N–H and O–H groups in total. The van der Waals surface area contributed by atoms with E-state index < -0.39 is 12.1 Å². The van der Waals surface area contributed by atoms with Crippen LogP contribution in [0.25, 0.3) is 0 Å². The lowest BCUT2D eigenvalue weighted by Gasteiger charge is -2.34. The third-order valence-corrected chi connectivity index (χ3v) is 4.42. The predicted octanol–water partition coefficient (Wildman–Crippen LogP) is 2.04. The topological polar surface area (TPSA) is 49.8 Å². The molecular formula is C17H25NO3. The number of likely N-dealkylation sites (tertiary alicyclic amines) is 1. The van der Waals surface area contributed by atoms with Gasteiger partial charge in [0.15, 0.2) is 6.10 Å². The first kappa shape index (κ1) is 16.0. The molecule has 4 heteroatoms.